The van der Waals surface area contributed by atoms with E-state index in [1.807, 2.05) is 36.4 Å². The Morgan fingerprint density at radius 1 is 0.806 bits per heavy atom. The maximum absolute atomic E-state index is 5.53. The average molecular weight is 483 g/mol. The van der Waals surface area contributed by atoms with Crippen molar-refractivity contribution < 1.29 is 9.47 Å². The lowest BCUT2D eigenvalue weighted by molar-refractivity contribution is 0.211. The first-order chi connectivity index (χ1) is 17.5. The van der Waals surface area contributed by atoms with Gasteiger partial charge < -0.3 is 14.8 Å². The number of fused-ring (bicyclic) bond motifs is 1. The van der Waals surface area contributed by atoms with Crippen molar-refractivity contribution in [3.63, 3.8) is 0 Å². The number of rotatable bonds is 7. The predicted molar refractivity (Wildman–Crippen MR) is 146 cm³/mol. The van der Waals surface area contributed by atoms with Crippen LogP contribution in [0.5, 0.6) is 11.5 Å². The molecule has 36 heavy (non-hydrogen) atoms. The second kappa shape index (κ2) is 10.5. The molecule has 0 atom stereocenters. The summed E-state index contributed by atoms with van der Waals surface area (Å²) in [6.45, 7) is 7.48. The number of aryl methyl sites for hydroxylation is 2. The maximum atomic E-state index is 5.53. The van der Waals surface area contributed by atoms with E-state index >= 15 is 0 Å². The SMILES string of the molecule is COc1ccc(-c2nnc(NC3CCN(Cc4ccc(C)c(C)c4)CC3)c3cc(OC)ccc23)cc1. The highest BCUT2D eigenvalue weighted by atomic mass is 16.5. The van der Waals surface area contributed by atoms with Crippen LogP contribution >= 0.6 is 0 Å². The van der Waals surface area contributed by atoms with Gasteiger partial charge in [-0.25, -0.2) is 0 Å². The summed E-state index contributed by atoms with van der Waals surface area (Å²) >= 11 is 0. The van der Waals surface area contributed by atoms with E-state index in [-0.39, 0.29) is 0 Å². The van der Waals surface area contributed by atoms with Crippen molar-refractivity contribution in [2.75, 3.05) is 32.6 Å². The molecule has 1 N–H and O–H groups in total. The van der Waals surface area contributed by atoms with Gasteiger partial charge >= 0.3 is 0 Å². The van der Waals surface area contributed by atoms with Gasteiger partial charge in [0.05, 0.1) is 14.2 Å². The second-order valence-electron chi connectivity index (χ2n) is 9.65. The molecule has 4 aromatic rings. The molecule has 0 bridgehead atoms. The fourth-order valence-electron chi connectivity index (χ4n) is 4.92. The zero-order valence-corrected chi connectivity index (χ0v) is 21.5. The number of methoxy groups -OCH3 is 2. The number of piperidine rings is 1. The standard InChI is InChI=1S/C30H34N4O2/c1-20-5-6-22(17-21(20)2)19-34-15-13-24(14-16-34)31-30-28-18-26(36-4)11-12-27(28)29(32-33-30)23-7-9-25(35-3)10-8-23/h5-12,17-18,24H,13-16,19H2,1-4H3,(H,31,33). The van der Waals surface area contributed by atoms with Crippen molar-refractivity contribution in [1.82, 2.24) is 15.1 Å². The Morgan fingerprint density at radius 2 is 1.53 bits per heavy atom. The number of nitrogens with one attached hydrogen (secondary N) is 1. The van der Waals surface area contributed by atoms with Crippen LogP contribution in [0.15, 0.2) is 60.7 Å². The minimum Gasteiger partial charge on any atom is -0.497 e. The lowest BCUT2D eigenvalue weighted by Crippen LogP contribution is -2.38. The molecular weight excluding hydrogens is 448 g/mol. The van der Waals surface area contributed by atoms with Crippen molar-refractivity contribution in [3.8, 4) is 22.8 Å². The van der Waals surface area contributed by atoms with Gasteiger partial charge in [0, 0.05) is 42.0 Å². The molecule has 0 amide bonds. The summed E-state index contributed by atoms with van der Waals surface area (Å²) < 4.78 is 10.8. The molecule has 0 unspecified atom stereocenters. The lowest BCUT2D eigenvalue weighted by Gasteiger charge is -2.33. The number of hydrogen-bond donors (Lipinski definition) is 1. The number of nitrogens with zero attached hydrogens (tertiary/aromatic N) is 3. The summed E-state index contributed by atoms with van der Waals surface area (Å²) in [6, 6.07) is 21.2. The van der Waals surface area contributed by atoms with Gasteiger partial charge in [0.1, 0.15) is 17.2 Å². The maximum Gasteiger partial charge on any atom is 0.156 e. The van der Waals surface area contributed by atoms with Gasteiger partial charge in [0.25, 0.3) is 0 Å². The van der Waals surface area contributed by atoms with Gasteiger partial charge in [-0.1, -0.05) is 18.2 Å². The van der Waals surface area contributed by atoms with E-state index in [1.165, 1.54) is 16.7 Å². The molecule has 1 aromatic heterocycles. The molecule has 0 aliphatic carbocycles. The van der Waals surface area contributed by atoms with Crippen molar-refractivity contribution in [1.29, 1.82) is 0 Å². The first-order valence-corrected chi connectivity index (χ1v) is 12.6. The van der Waals surface area contributed by atoms with Crippen LogP contribution in [0.3, 0.4) is 0 Å². The third-order valence-electron chi connectivity index (χ3n) is 7.26. The van der Waals surface area contributed by atoms with Crippen LogP contribution in [0.2, 0.25) is 0 Å². The Labute approximate surface area is 213 Å². The molecule has 0 radical (unpaired) electrons. The van der Waals surface area contributed by atoms with Gasteiger partial charge in [-0.2, -0.15) is 0 Å². The average Bonchev–Trinajstić information content (AvgIpc) is 2.92. The van der Waals surface area contributed by atoms with Crippen LogP contribution in [0, 0.1) is 13.8 Å². The fraction of sp³-hybridized carbons (Fsp3) is 0.333. The third-order valence-corrected chi connectivity index (χ3v) is 7.26. The van der Waals surface area contributed by atoms with Crippen LogP contribution < -0.4 is 14.8 Å². The summed E-state index contributed by atoms with van der Waals surface area (Å²) in [6.07, 6.45) is 2.14. The number of hydrogen-bond acceptors (Lipinski definition) is 6. The normalized spacial score (nSPS) is 14.7. The lowest BCUT2D eigenvalue weighted by atomic mass is 10.0. The Morgan fingerprint density at radius 3 is 2.22 bits per heavy atom. The fourth-order valence-corrected chi connectivity index (χ4v) is 4.92. The third kappa shape index (κ3) is 5.14. The number of likely N-dealkylation sites (tertiary alicyclic amines) is 1. The van der Waals surface area contributed by atoms with Crippen molar-refractivity contribution in [3.05, 3.63) is 77.4 Å². The minimum atomic E-state index is 0.358. The molecule has 1 aliphatic heterocycles. The molecule has 1 saturated heterocycles. The molecule has 5 rings (SSSR count). The molecule has 186 valence electrons. The van der Waals surface area contributed by atoms with Crippen molar-refractivity contribution in [2.24, 2.45) is 0 Å². The van der Waals surface area contributed by atoms with Gasteiger partial charge in [-0.05, 0) is 85.8 Å². The highest BCUT2D eigenvalue weighted by Gasteiger charge is 2.21. The van der Waals surface area contributed by atoms with E-state index in [4.69, 9.17) is 9.47 Å². The summed E-state index contributed by atoms with van der Waals surface area (Å²) in [5.41, 5.74) is 5.96. The molecule has 3 aromatic carbocycles. The zero-order valence-electron chi connectivity index (χ0n) is 21.5. The molecular formula is C30H34N4O2. The quantitative estimate of drug-likeness (QED) is 0.348. The molecule has 6 nitrogen and oxygen atoms in total. The Kier molecular flexibility index (Phi) is 7.05. The van der Waals surface area contributed by atoms with Crippen LogP contribution in [0.1, 0.15) is 29.5 Å². The summed E-state index contributed by atoms with van der Waals surface area (Å²) in [5.74, 6) is 2.44. The van der Waals surface area contributed by atoms with Gasteiger partial charge in [0.15, 0.2) is 5.82 Å². The van der Waals surface area contributed by atoms with Crippen LogP contribution in [-0.4, -0.2) is 48.4 Å². The second-order valence-corrected chi connectivity index (χ2v) is 9.65. The van der Waals surface area contributed by atoms with E-state index in [2.05, 4.69) is 58.5 Å². The first kappa shape index (κ1) is 24.1. The first-order valence-electron chi connectivity index (χ1n) is 12.6. The molecule has 0 saturated carbocycles. The monoisotopic (exact) mass is 482 g/mol. The van der Waals surface area contributed by atoms with E-state index in [0.717, 1.165) is 71.8 Å². The summed E-state index contributed by atoms with van der Waals surface area (Å²) in [5, 5.41) is 15.0. The summed E-state index contributed by atoms with van der Waals surface area (Å²) in [4.78, 5) is 2.54. The highest BCUT2D eigenvalue weighted by Crippen LogP contribution is 2.34. The molecule has 1 fully saturated rings. The number of benzene rings is 3. The minimum absolute atomic E-state index is 0.358. The van der Waals surface area contributed by atoms with Gasteiger partial charge in [-0.3, -0.25) is 4.90 Å². The molecule has 0 spiro atoms. The van der Waals surface area contributed by atoms with Gasteiger partial charge in [0.2, 0.25) is 0 Å². The number of anilines is 1. The van der Waals surface area contributed by atoms with Crippen molar-refractivity contribution >= 4 is 16.6 Å². The smallest absolute Gasteiger partial charge is 0.156 e. The zero-order chi connectivity index (χ0) is 25.1. The number of ether oxygens (including phenoxy) is 2. The topological polar surface area (TPSA) is 59.5 Å². The highest BCUT2D eigenvalue weighted by molar-refractivity contribution is 6.00. The Balaban J connectivity index is 1.33. The number of aromatic nitrogens is 2. The van der Waals surface area contributed by atoms with E-state index < -0.39 is 0 Å². The summed E-state index contributed by atoms with van der Waals surface area (Å²) in [7, 11) is 3.36. The van der Waals surface area contributed by atoms with Crippen LogP contribution in [0.25, 0.3) is 22.0 Å². The van der Waals surface area contributed by atoms with Gasteiger partial charge in [-0.15, -0.1) is 10.2 Å². The van der Waals surface area contributed by atoms with E-state index in [0.29, 0.717) is 6.04 Å². The predicted octanol–water partition coefficient (Wildman–Crippen LogP) is 6.01. The van der Waals surface area contributed by atoms with E-state index in [1.54, 1.807) is 14.2 Å². The Hall–Kier alpha value is -3.64. The van der Waals surface area contributed by atoms with E-state index in [9.17, 15) is 0 Å². The Bertz CT molecular complexity index is 1350. The molecule has 2 heterocycles. The largest absolute Gasteiger partial charge is 0.497 e. The molecule has 1 aliphatic rings. The van der Waals surface area contributed by atoms with Crippen molar-refractivity contribution in [2.45, 2.75) is 39.3 Å². The molecule has 6 heteroatoms. The van der Waals surface area contributed by atoms with Crippen LogP contribution in [0.4, 0.5) is 5.82 Å². The van der Waals surface area contributed by atoms with Crippen LogP contribution in [-0.2, 0) is 6.54 Å².